The molecule has 0 aromatic heterocycles. The Bertz CT molecular complexity index is 308. The Hall–Kier alpha value is -0.160. The molecule has 3 heteroatoms. The molecule has 1 aromatic carbocycles. The molecule has 1 heterocycles. The Labute approximate surface area is 90.9 Å². The van der Waals surface area contributed by atoms with Gasteiger partial charge in [0.1, 0.15) is 5.82 Å². The Balaban J connectivity index is 2.29. The van der Waals surface area contributed by atoms with Crippen LogP contribution in [0, 0.1) is 9.39 Å². The Kier molecular flexibility index (Phi) is 2.83. The molecule has 2 rings (SSSR count). The normalized spacial score (nSPS) is 22.2. The lowest BCUT2D eigenvalue weighted by atomic mass is 10.1. The van der Waals surface area contributed by atoms with E-state index in [4.69, 9.17) is 0 Å². The third-order valence-electron chi connectivity index (χ3n) is 2.40. The van der Waals surface area contributed by atoms with Crippen LogP contribution in [0.1, 0.15) is 24.4 Å². The molecule has 13 heavy (non-hydrogen) atoms. The van der Waals surface area contributed by atoms with Crippen LogP contribution in [0.15, 0.2) is 18.2 Å². The molecule has 0 bridgehead atoms. The molecular weight excluding hydrogens is 280 g/mol. The Morgan fingerprint density at radius 3 is 2.92 bits per heavy atom. The summed E-state index contributed by atoms with van der Waals surface area (Å²) in [6, 6.07) is 5.46. The molecule has 1 unspecified atom stereocenters. The third kappa shape index (κ3) is 2.02. The van der Waals surface area contributed by atoms with Gasteiger partial charge in [-0.05, 0) is 59.7 Å². The van der Waals surface area contributed by atoms with E-state index in [0.717, 1.165) is 10.1 Å². The van der Waals surface area contributed by atoms with Gasteiger partial charge in [0.05, 0.1) is 0 Å². The molecule has 0 saturated carbocycles. The van der Waals surface area contributed by atoms with Gasteiger partial charge in [-0.2, -0.15) is 0 Å². The predicted octanol–water partition coefficient (Wildman–Crippen LogP) is 2.85. The molecule has 0 radical (unpaired) electrons. The Morgan fingerprint density at radius 1 is 1.46 bits per heavy atom. The van der Waals surface area contributed by atoms with Gasteiger partial charge in [-0.3, -0.25) is 0 Å². The minimum atomic E-state index is -0.147. The SMILES string of the molecule is Fc1ccc(C2CCCN2)c(I)c1. The highest BCUT2D eigenvalue weighted by Crippen LogP contribution is 2.27. The maximum atomic E-state index is 12.8. The van der Waals surface area contributed by atoms with Crippen molar-refractivity contribution in [3.8, 4) is 0 Å². The van der Waals surface area contributed by atoms with E-state index in [9.17, 15) is 4.39 Å². The van der Waals surface area contributed by atoms with Crippen LogP contribution in [0.4, 0.5) is 4.39 Å². The van der Waals surface area contributed by atoms with Gasteiger partial charge in [-0.25, -0.2) is 4.39 Å². The van der Waals surface area contributed by atoms with Gasteiger partial charge in [-0.15, -0.1) is 0 Å². The van der Waals surface area contributed by atoms with Gasteiger partial charge < -0.3 is 5.32 Å². The molecule has 0 amide bonds. The van der Waals surface area contributed by atoms with E-state index in [1.165, 1.54) is 24.5 Å². The predicted molar refractivity (Wildman–Crippen MR) is 59.1 cm³/mol. The van der Waals surface area contributed by atoms with Crippen LogP contribution < -0.4 is 5.32 Å². The molecule has 1 fully saturated rings. The summed E-state index contributed by atoms with van der Waals surface area (Å²) in [5, 5.41) is 3.41. The molecule has 1 aliphatic rings. The molecule has 0 aliphatic carbocycles. The lowest BCUT2D eigenvalue weighted by molar-refractivity contribution is 0.614. The maximum Gasteiger partial charge on any atom is 0.124 e. The molecule has 1 aromatic rings. The van der Waals surface area contributed by atoms with Gasteiger partial charge in [0.25, 0.3) is 0 Å². The van der Waals surface area contributed by atoms with Crippen molar-refractivity contribution in [3.05, 3.63) is 33.1 Å². The van der Waals surface area contributed by atoms with Crippen LogP contribution in [-0.4, -0.2) is 6.54 Å². The van der Waals surface area contributed by atoms with Crippen molar-refractivity contribution in [3.63, 3.8) is 0 Å². The molecule has 0 spiro atoms. The minimum Gasteiger partial charge on any atom is -0.310 e. The summed E-state index contributed by atoms with van der Waals surface area (Å²) in [7, 11) is 0. The first kappa shape index (κ1) is 9.40. The number of rotatable bonds is 1. The largest absolute Gasteiger partial charge is 0.310 e. The van der Waals surface area contributed by atoms with Crippen molar-refractivity contribution in [2.75, 3.05) is 6.54 Å². The van der Waals surface area contributed by atoms with Crippen molar-refractivity contribution in [2.45, 2.75) is 18.9 Å². The van der Waals surface area contributed by atoms with Crippen LogP contribution in [-0.2, 0) is 0 Å². The highest BCUT2D eigenvalue weighted by atomic mass is 127. The van der Waals surface area contributed by atoms with Crippen LogP contribution in [0.3, 0.4) is 0 Å². The number of hydrogen-bond acceptors (Lipinski definition) is 1. The second kappa shape index (κ2) is 3.92. The number of nitrogens with one attached hydrogen (secondary N) is 1. The van der Waals surface area contributed by atoms with Gasteiger partial charge in [0.15, 0.2) is 0 Å². The highest BCUT2D eigenvalue weighted by molar-refractivity contribution is 14.1. The van der Waals surface area contributed by atoms with Crippen LogP contribution in [0.2, 0.25) is 0 Å². The topological polar surface area (TPSA) is 12.0 Å². The lowest BCUT2D eigenvalue weighted by Crippen LogP contribution is -2.14. The highest BCUT2D eigenvalue weighted by Gasteiger charge is 2.18. The second-order valence-electron chi connectivity index (χ2n) is 3.31. The van der Waals surface area contributed by atoms with E-state index in [0.29, 0.717) is 6.04 Å². The second-order valence-corrected chi connectivity index (χ2v) is 4.48. The zero-order valence-electron chi connectivity index (χ0n) is 7.19. The fourth-order valence-corrected chi connectivity index (χ4v) is 2.59. The van der Waals surface area contributed by atoms with Crippen molar-refractivity contribution in [1.29, 1.82) is 0 Å². The molecule has 1 N–H and O–H groups in total. The first-order valence-electron chi connectivity index (χ1n) is 4.46. The maximum absolute atomic E-state index is 12.8. The Morgan fingerprint density at radius 2 is 2.31 bits per heavy atom. The molecule has 1 aliphatic heterocycles. The molecule has 1 nitrogen and oxygen atoms in total. The summed E-state index contributed by atoms with van der Waals surface area (Å²) in [5.74, 6) is -0.147. The van der Waals surface area contributed by atoms with Crippen LogP contribution >= 0.6 is 22.6 Å². The van der Waals surface area contributed by atoms with Crippen molar-refractivity contribution in [1.82, 2.24) is 5.32 Å². The van der Waals surface area contributed by atoms with Crippen LogP contribution in [0.5, 0.6) is 0 Å². The van der Waals surface area contributed by atoms with Crippen molar-refractivity contribution in [2.24, 2.45) is 0 Å². The van der Waals surface area contributed by atoms with Crippen LogP contribution in [0.25, 0.3) is 0 Å². The molecule has 70 valence electrons. The average molecular weight is 291 g/mol. The van der Waals surface area contributed by atoms with E-state index in [2.05, 4.69) is 27.9 Å². The average Bonchev–Trinajstić information content (AvgIpc) is 2.56. The summed E-state index contributed by atoms with van der Waals surface area (Å²) < 4.78 is 13.8. The quantitative estimate of drug-likeness (QED) is 0.785. The lowest BCUT2D eigenvalue weighted by Gasteiger charge is -2.12. The first-order valence-corrected chi connectivity index (χ1v) is 5.53. The summed E-state index contributed by atoms with van der Waals surface area (Å²) in [6.45, 7) is 1.08. The number of benzene rings is 1. The zero-order valence-corrected chi connectivity index (χ0v) is 9.34. The van der Waals surface area contributed by atoms with E-state index >= 15 is 0 Å². The third-order valence-corrected chi connectivity index (χ3v) is 3.33. The van der Waals surface area contributed by atoms with Crippen molar-refractivity contribution < 1.29 is 4.39 Å². The zero-order chi connectivity index (χ0) is 9.26. The van der Waals surface area contributed by atoms with Gasteiger partial charge in [0, 0.05) is 9.61 Å². The molecular formula is C10H11FIN. The summed E-state index contributed by atoms with van der Waals surface area (Å²) >= 11 is 2.20. The summed E-state index contributed by atoms with van der Waals surface area (Å²) in [5.41, 5.74) is 1.24. The van der Waals surface area contributed by atoms with E-state index in [1.807, 2.05) is 6.07 Å². The van der Waals surface area contributed by atoms with Crippen molar-refractivity contribution >= 4 is 22.6 Å². The summed E-state index contributed by atoms with van der Waals surface area (Å²) in [4.78, 5) is 0. The fourth-order valence-electron chi connectivity index (χ4n) is 1.73. The van der Waals surface area contributed by atoms with Gasteiger partial charge >= 0.3 is 0 Å². The van der Waals surface area contributed by atoms with Gasteiger partial charge in [0.2, 0.25) is 0 Å². The molecule has 1 saturated heterocycles. The first-order chi connectivity index (χ1) is 6.27. The number of halogens is 2. The minimum absolute atomic E-state index is 0.147. The summed E-state index contributed by atoms with van der Waals surface area (Å²) in [6.07, 6.45) is 2.39. The number of hydrogen-bond donors (Lipinski definition) is 1. The van der Waals surface area contributed by atoms with E-state index in [-0.39, 0.29) is 5.82 Å². The van der Waals surface area contributed by atoms with E-state index in [1.54, 1.807) is 6.07 Å². The standard InChI is InChI=1S/C10H11FIN/c11-7-3-4-8(9(12)6-7)10-2-1-5-13-10/h3-4,6,10,13H,1-2,5H2. The molecule has 1 atom stereocenters. The monoisotopic (exact) mass is 291 g/mol. The van der Waals surface area contributed by atoms with E-state index < -0.39 is 0 Å². The fraction of sp³-hybridized carbons (Fsp3) is 0.400. The van der Waals surface area contributed by atoms with Gasteiger partial charge in [-0.1, -0.05) is 6.07 Å². The smallest absolute Gasteiger partial charge is 0.124 e.